The molecule has 0 radical (unpaired) electrons. The molecule has 32 heavy (non-hydrogen) atoms. The van der Waals surface area contributed by atoms with Gasteiger partial charge in [-0.2, -0.15) is 10.1 Å². The third-order valence-corrected chi connectivity index (χ3v) is 5.99. The van der Waals surface area contributed by atoms with Crippen molar-refractivity contribution in [3.05, 3.63) is 94.4 Å². The molecule has 0 aliphatic rings. The molecule has 2 heterocycles. The van der Waals surface area contributed by atoms with Crippen LogP contribution >= 0.6 is 11.8 Å². The first kappa shape index (κ1) is 21.8. The summed E-state index contributed by atoms with van der Waals surface area (Å²) in [5.74, 6) is 1.55. The van der Waals surface area contributed by atoms with Gasteiger partial charge in [0, 0.05) is 17.1 Å². The van der Waals surface area contributed by atoms with Gasteiger partial charge in [-0.05, 0) is 50.1 Å². The SMILES string of the molecule is Cc1cc(C)n(Cc2cccc(CNC(=O)c3ccccc3SCc3nc(C)no3)c2)n1. The van der Waals surface area contributed by atoms with Crippen LogP contribution in [0, 0.1) is 20.8 Å². The molecule has 0 aliphatic carbocycles. The molecule has 7 nitrogen and oxygen atoms in total. The molecular weight excluding hydrogens is 422 g/mol. The van der Waals surface area contributed by atoms with Crippen molar-refractivity contribution in [1.82, 2.24) is 25.2 Å². The van der Waals surface area contributed by atoms with Crippen LogP contribution in [-0.4, -0.2) is 25.8 Å². The molecule has 0 atom stereocenters. The number of nitrogens with one attached hydrogen (secondary N) is 1. The van der Waals surface area contributed by atoms with E-state index in [2.05, 4.69) is 45.7 Å². The Labute approximate surface area is 191 Å². The monoisotopic (exact) mass is 447 g/mol. The maximum absolute atomic E-state index is 12.9. The minimum Gasteiger partial charge on any atom is -0.348 e. The van der Waals surface area contributed by atoms with Gasteiger partial charge in [-0.25, -0.2) is 0 Å². The lowest BCUT2D eigenvalue weighted by molar-refractivity contribution is 0.0948. The number of rotatable bonds is 8. The van der Waals surface area contributed by atoms with E-state index < -0.39 is 0 Å². The van der Waals surface area contributed by atoms with Gasteiger partial charge in [0.25, 0.3) is 5.91 Å². The molecule has 1 amide bonds. The Balaban J connectivity index is 1.39. The number of benzene rings is 2. The molecule has 1 N–H and O–H groups in total. The van der Waals surface area contributed by atoms with E-state index in [-0.39, 0.29) is 5.91 Å². The van der Waals surface area contributed by atoms with Crippen LogP contribution in [0.3, 0.4) is 0 Å². The fourth-order valence-electron chi connectivity index (χ4n) is 3.44. The minimum absolute atomic E-state index is 0.112. The Bertz CT molecular complexity index is 1230. The first-order valence-electron chi connectivity index (χ1n) is 10.4. The van der Waals surface area contributed by atoms with E-state index in [4.69, 9.17) is 4.52 Å². The van der Waals surface area contributed by atoms with Gasteiger partial charge in [-0.15, -0.1) is 11.8 Å². The average molecular weight is 448 g/mol. The Hall–Kier alpha value is -3.39. The molecule has 2 aromatic carbocycles. The molecule has 0 bridgehead atoms. The van der Waals surface area contributed by atoms with Crippen molar-refractivity contribution in [2.45, 2.75) is 44.5 Å². The van der Waals surface area contributed by atoms with Gasteiger partial charge in [0.05, 0.1) is 23.6 Å². The highest BCUT2D eigenvalue weighted by Crippen LogP contribution is 2.26. The first-order chi connectivity index (χ1) is 15.5. The van der Waals surface area contributed by atoms with E-state index in [0.29, 0.717) is 36.1 Å². The molecule has 0 saturated carbocycles. The lowest BCUT2D eigenvalue weighted by atomic mass is 10.1. The van der Waals surface area contributed by atoms with E-state index in [1.165, 1.54) is 11.8 Å². The van der Waals surface area contributed by atoms with Gasteiger partial charge in [-0.3, -0.25) is 9.48 Å². The predicted octanol–water partition coefficient (Wildman–Crippen LogP) is 4.46. The highest BCUT2D eigenvalue weighted by atomic mass is 32.2. The topological polar surface area (TPSA) is 85.8 Å². The van der Waals surface area contributed by atoms with Crippen molar-refractivity contribution in [1.29, 1.82) is 0 Å². The van der Waals surface area contributed by atoms with Crippen molar-refractivity contribution < 1.29 is 9.32 Å². The summed E-state index contributed by atoms with van der Waals surface area (Å²) in [6.45, 7) is 6.99. The second kappa shape index (κ2) is 9.82. The largest absolute Gasteiger partial charge is 0.348 e. The number of aromatic nitrogens is 4. The maximum atomic E-state index is 12.9. The van der Waals surface area contributed by atoms with Gasteiger partial charge >= 0.3 is 0 Å². The molecule has 4 rings (SSSR count). The van der Waals surface area contributed by atoms with E-state index in [1.54, 1.807) is 6.92 Å². The van der Waals surface area contributed by atoms with E-state index in [9.17, 15) is 4.79 Å². The smallest absolute Gasteiger partial charge is 0.252 e. The lowest BCUT2D eigenvalue weighted by Crippen LogP contribution is -2.23. The van der Waals surface area contributed by atoms with Crippen molar-refractivity contribution in [3.8, 4) is 0 Å². The lowest BCUT2D eigenvalue weighted by Gasteiger charge is -2.11. The minimum atomic E-state index is -0.112. The molecule has 8 heteroatoms. The van der Waals surface area contributed by atoms with Crippen molar-refractivity contribution >= 4 is 17.7 Å². The molecule has 4 aromatic rings. The second-order valence-corrected chi connectivity index (χ2v) is 8.62. The molecule has 0 aliphatic heterocycles. The predicted molar refractivity (Wildman–Crippen MR) is 123 cm³/mol. The van der Waals surface area contributed by atoms with Gasteiger partial charge in [0.2, 0.25) is 5.89 Å². The summed E-state index contributed by atoms with van der Waals surface area (Å²) in [7, 11) is 0. The molecule has 0 spiro atoms. The number of hydrogen-bond acceptors (Lipinski definition) is 6. The number of thioether (sulfide) groups is 1. The number of aryl methyl sites for hydroxylation is 3. The zero-order valence-electron chi connectivity index (χ0n) is 18.3. The van der Waals surface area contributed by atoms with Crippen LogP contribution in [0.1, 0.15) is 44.6 Å². The Morgan fingerprint density at radius 2 is 1.88 bits per heavy atom. The third-order valence-electron chi connectivity index (χ3n) is 4.93. The third kappa shape index (κ3) is 5.45. The second-order valence-electron chi connectivity index (χ2n) is 7.61. The van der Waals surface area contributed by atoms with Crippen LogP contribution in [0.5, 0.6) is 0 Å². The molecule has 2 aromatic heterocycles. The summed E-state index contributed by atoms with van der Waals surface area (Å²) in [5.41, 5.74) is 4.97. The standard InChI is InChI=1S/C24H25N5O2S/c1-16-11-17(2)29(27-16)14-20-8-6-7-19(12-20)13-25-24(30)21-9-4-5-10-22(21)32-15-23-26-18(3)28-31-23/h4-12H,13-15H2,1-3H3,(H,25,30). The summed E-state index contributed by atoms with van der Waals surface area (Å²) in [5, 5.41) is 11.4. The van der Waals surface area contributed by atoms with E-state index >= 15 is 0 Å². The van der Waals surface area contributed by atoms with Crippen LogP contribution in [0.2, 0.25) is 0 Å². The summed E-state index contributed by atoms with van der Waals surface area (Å²) in [6.07, 6.45) is 0. The fourth-order valence-corrected chi connectivity index (χ4v) is 4.33. The van der Waals surface area contributed by atoms with Crippen molar-refractivity contribution in [2.24, 2.45) is 0 Å². The number of hydrogen-bond donors (Lipinski definition) is 1. The van der Waals surface area contributed by atoms with Crippen molar-refractivity contribution in [2.75, 3.05) is 0 Å². The maximum Gasteiger partial charge on any atom is 0.252 e. The number of amides is 1. The van der Waals surface area contributed by atoms with Crippen LogP contribution in [-0.2, 0) is 18.8 Å². The van der Waals surface area contributed by atoms with Crippen LogP contribution in [0.15, 0.2) is 64.0 Å². The zero-order chi connectivity index (χ0) is 22.5. The summed E-state index contributed by atoms with van der Waals surface area (Å²) in [6, 6.07) is 17.8. The summed E-state index contributed by atoms with van der Waals surface area (Å²) in [4.78, 5) is 18.0. The normalized spacial score (nSPS) is 11.0. The summed E-state index contributed by atoms with van der Waals surface area (Å²) >= 11 is 1.50. The quantitative estimate of drug-likeness (QED) is 0.401. The highest BCUT2D eigenvalue weighted by Gasteiger charge is 2.13. The first-order valence-corrected chi connectivity index (χ1v) is 11.3. The summed E-state index contributed by atoms with van der Waals surface area (Å²) < 4.78 is 7.16. The van der Waals surface area contributed by atoms with Gasteiger partial charge < -0.3 is 9.84 Å². The fraction of sp³-hybridized carbons (Fsp3) is 0.250. The van der Waals surface area contributed by atoms with Crippen molar-refractivity contribution in [3.63, 3.8) is 0 Å². The van der Waals surface area contributed by atoms with Crippen LogP contribution in [0.25, 0.3) is 0 Å². The van der Waals surface area contributed by atoms with Gasteiger partial charge in [0.15, 0.2) is 5.82 Å². The molecule has 164 valence electrons. The van der Waals surface area contributed by atoms with E-state index in [1.807, 2.05) is 48.0 Å². The van der Waals surface area contributed by atoms with Crippen LogP contribution < -0.4 is 5.32 Å². The molecule has 0 unspecified atom stereocenters. The Kier molecular flexibility index (Phi) is 6.70. The Morgan fingerprint density at radius 3 is 2.62 bits per heavy atom. The molecule has 0 fully saturated rings. The Morgan fingerprint density at radius 1 is 1.06 bits per heavy atom. The molecule has 0 saturated heterocycles. The van der Waals surface area contributed by atoms with E-state index in [0.717, 1.165) is 27.4 Å². The number of carbonyl (C=O) groups is 1. The van der Waals surface area contributed by atoms with Crippen LogP contribution in [0.4, 0.5) is 0 Å². The average Bonchev–Trinajstić information content (AvgIpc) is 3.34. The molecular formula is C24H25N5O2S. The van der Waals surface area contributed by atoms with Gasteiger partial charge in [-0.1, -0.05) is 41.6 Å². The zero-order valence-corrected chi connectivity index (χ0v) is 19.1. The number of nitrogens with zero attached hydrogens (tertiary/aromatic N) is 4. The number of carbonyl (C=O) groups excluding carboxylic acids is 1. The highest BCUT2D eigenvalue weighted by molar-refractivity contribution is 7.98. The van der Waals surface area contributed by atoms with Gasteiger partial charge in [0.1, 0.15) is 0 Å².